The van der Waals surface area contributed by atoms with Gasteiger partial charge in [0.25, 0.3) is 0 Å². The molecule has 0 N–H and O–H groups in total. The largest absolute Gasteiger partial charge is 0.722 e. The molecule has 1 saturated carbocycles. The van der Waals surface area contributed by atoms with Gasteiger partial charge in [-0.2, -0.15) is 0 Å². The van der Waals surface area contributed by atoms with Gasteiger partial charge in [0.2, 0.25) is 0 Å². The monoisotopic (exact) mass is 304 g/mol. The molecule has 1 fully saturated rings. The number of hydrogen-bond acceptors (Lipinski definition) is 0. The van der Waals surface area contributed by atoms with Crippen LogP contribution in [0.5, 0.6) is 0 Å². The van der Waals surface area contributed by atoms with Crippen molar-refractivity contribution in [1.82, 2.24) is 0 Å². The van der Waals surface area contributed by atoms with Gasteiger partial charge in [0, 0.05) is 22.4 Å². The van der Waals surface area contributed by atoms with E-state index >= 15 is 0 Å². The molecule has 2 rings (SSSR count). The fraction of sp³-hybridized carbons (Fsp3) is 0.143. The fourth-order valence-electron chi connectivity index (χ4n) is 1.07. The molecule has 0 nitrogen and oxygen atoms in total. The van der Waals surface area contributed by atoms with Crippen molar-refractivity contribution in [2.45, 2.75) is 13.8 Å². The van der Waals surface area contributed by atoms with Gasteiger partial charge in [0.15, 0.2) is 0 Å². The second kappa shape index (κ2) is 9.29. The number of hydrogen-bond donors (Lipinski definition) is 0. The van der Waals surface area contributed by atoms with Crippen LogP contribution in [0.15, 0.2) is 24.3 Å². The van der Waals surface area contributed by atoms with Gasteiger partial charge < -0.3 is 48.6 Å². The summed E-state index contributed by atoms with van der Waals surface area (Å²) in [5.41, 5.74) is 1.24. The normalized spacial score (nSPS) is 16.7. The maximum Gasteiger partial charge on any atom is 0.0406 e. The van der Waals surface area contributed by atoms with E-state index in [-0.39, 0.29) is 17.4 Å². The van der Waals surface area contributed by atoms with E-state index in [1.54, 1.807) is 0 Å². The van der Waals surface area contributed by atoms with Gasteiger partial charge in [-0.1, -0.05) is 29.3 Å². The predicted octanol–water partition coefficient (Wildman–Crippen LogP) is 4.83. The summed E-state index contributed by atoms with van der Waals surface area (Å²) in [5.74, 6) is 1.24. The van der Waals surface area contributed by atoms with Crippen molar-refractivity contribution in [3.05, 3.63) is 71.8 Å². The average Bonchev–Trinajstić information content (AvgIpc) is 2.28. The van der Waals surface area contributed by atoms with Gasteiger partial charge >= 0.3 is 0 Å². The first kappa shape index (κ1) is 17.3. The van der Waals surface area contributed by atoms with Crippen LogP contribution < -0.4 is 0 Å². The SMILES string of the molecule is C[C-]1[CH-][CH-][C-](Cl)[CH-][CH-]1.Cc1ccc(Cl)cc1.[Cr]. The molecule has 0 spiro atoms. The quantitative estimate of drug-likeness (QED) is 0.602. The van der Waals surface area contributed by atoms with E-state index in [2.05, 4.69) is 0 Å². The minimum Gasteiger partial charge on any atom is -0.722 e. The Morgan fingerprint density at radius 2 is 1.47 bits per heavy atom. The van der Waals surface area contributed by atoms with Crippen LogP contribution in [-0.4, -0.2) is 0 Å². The average molecular weight is 305 g/mol. The van der Waals surface area contributed by atoms with Crippen molar-refractivity contribution in [2.24, 2.45) is 0 Å². The second-order valence-electron chi connectivity index (χ2n) is 3.59. The molecular formula is C14H14Cl2Cr-6. The first-order valence-corrected chi connectivity index (χ1v) is 5.78. The fourth-order valence-corrected chi connectivity index (χ4v) is 1.32. The maximum absolute atomic E-state index is 5.61. The molecular weight excluding hydrogens is 291 g/mol. The summed E-state index contributed by atoms with van der Waals surface area (Å²) in [7, 11) is 0. The summed E-state index contributed by atoms with van der Waals surface area (Å²) in [6, 6.07) is 7.75. The first-order valence-electron chi connectivity index (χ1n) is 5.02. The molecule has 0 atom stereocenters. The van der Waals surface area contributed by atoms with Crippen molar-refractivity contribution in [3.8, 4) is 0 Å². The number of halogens is 2. The Kier molecular flexibility index (Phi) is 9.47. The van der Waals surface area contributed by atoms with Crippen LogP contribution in [0, 0.1) is 43.9 Å². The molecule has 0 unspecified atom stereocenters. The smallest absolute Gasteiger partial charge is 0.0406 e. The Hall–Kier alpha value is 0.332. The van der Waals surface area contributed by atoms with E-state index in [1.165, 1.54) is 11.5 Å². The van der Waals surface area contributed by atoms with Gasteiger partial charge in [-0.3, -0.25) is 0 Å². The summed E-state index contributed by atoms with van der Waals surface area (Å²) in [6.07, 6.45) is 7.75. The number of benzene rings is 1. The zero-order chi connectivity index (χ0) is 12.0. The van der Waals surface area contributed by atoms with Crippen LogP contribution in [0.4, 0.5) is 0 Å². The molecule has 0 heterocycles. The summed E-state index contributed by atoms with van der Waals surface area (Å²) in [5, 5.41) is 1.60. The number of aryl methyl sites for hydroxylation is 1. The van der Waals surface area contributed by atoms with Crippen LogP contribution in [-0.2, 0) is 17.4 Å². The van der Waals surface area contributed by atoms with E-state index in [9.17, 15) is 0 Å². The van der Waals surface area contributed by atoms with Crippen LogP contribution in [0.2, 0.25) is 5.02 Å². The minimum atomic E-state index is 0. The molecule has 0 bridgehead atoms. The van der Waals surface area contributed by atoms with Crippen molar-refractivity contribution in [3.63, 3.8) is 0 Å². The Balaban J connectivity index is 0.000000284. The summed E-state index contributed by atoms with van der Waals surface area (Å²) in [4.78, 5) is 0. The molecule has 0 amide bonds. The molecule has 17 heavy (non-hydrogen) atoms. The maximum atomic E-state index is 5.61. The Labute approximate surface area is 126 Å². The van der Waals surface area contributed by atoms with E-state index < -0.39 is 0 Å². The standard InChI is InChI=1S/2C7H7Cl.Cr/c2*1-6-2-4-7(8)5-3-6;/h2*2-5H,1H3;/q;-6;. The van der Waals surface area contributed by atoms with Crippen molar-refractivity contribution in [1.29, 1.82) is 0 Å². The van der Waals surface area contributed by atoms with Crippen LogP contribution in [0.3, 0.4) is 0 Å². The molecule has 3 heteroatoms. The molecule has 1 aliphatic carbocycles. The molecule has 0 aromatic heterocycles. The van der Waals surface area contributed by atoms with Gasteiger partial charge in [0.05, 0.1) is 0 Å². The van der Waals surface area contributed by atoms with Gasteiger partial charge in [0.1, 0.15) is 0 Å². The Morgan fingerprint density at radius 1 is 1.00 bits per heavy atom. The van der Waals surface area contributed by atoms with Crippen molar-refractivity contribution < 1.29 is 17.4 Å². The summed E-state index contributed by atoms with van der Waals surface area (Å²) >= 11 is 11.2. The van der Waals surface area contributed by atoms with E-state index in [0.29, 0.717) is 0 Å². The molecule has 1 aromatic carbocycles. The van der Waals surface area contributed by atoms with Gasteiger partial charge in [-0.15, -0.1) is 0 Å². The van der Waals surface area contributed by atoms with Crippen LogP contribution in [0.1, 0.15) is 12.5 Å². The molecule has 0 aliphatic heterocycles. The third kappa shape index (κ3) is 8.12. The van der Waals surface area contributed by atoms with Crippen molar-refractivity contribution in [2.75, 3.05) is 0 Å². The van der Waals surface area contributed by atoms with Crippen LogP contribution >= 0.6 is 23.2 Å². The van der Waals surface area contributed by atoms with E-state index in [0.717, 1.165) is 10.4 Å². The molecule has 1 aromatic rings. The molecule has 1 aliphatic rings. The zero-order valence-electron chi connectivity index (χ0n) is 9.78. The first-order chi connectivity index (χ1) is 7.58. The zero-order valence-corrected chi connectivity index (χ0v) is 12.6. The second-order valence-corrected chi connectivity index (χ2v) is 4.46. The van der Waals surface area contributed by atoms with Gasteiger partial charge in [-0.05, 0) is 19.1 Å². The van der Waals surface area contributed by atoms with Crippen LogP contribution in [0.25, 0.3) is 0 Å². The van der Waals surface area contributed by atoms with E-state index in [4.69, 9.17) is 23.2 Å². The molecule has 96 valence electrons. The molecule has 0 radical (unpaired) electrons. The number of rotatable bonds is 0. The third-order valence-electron chi connectivity index (χ3n) is 2.02. The predicted molar refractivity (Wildman–Crippen MR) is 71.4 cm³/mol. The Bertz CT molecular complexity index is 259. The summed E-state index contributed by atoms with van der Waals surface area (Å²) in [6.45, 7) is 4.08. The summed E-state index contributed by atoms with van der Waals surface area (Å²) < 4.78 is 0. The third-order valence-corrected chi connectivity index (χ3v) is 2.53. The van der Waals surface area contributed by atoms with Gasteiger partial charge in [-0.25, -0.2) is 6.92 Å². The topological polar surface area (TPSA) is 0 Å². The Morgan fingerprint density at radius 3 is 1.82 bits per heavy atom. The van der Waals surface area contributed by atoms with Crippen molar-refractivity contribution >= 4 is 23.2 Å². The minimum absolute atomic E-state index is 0. The van der Waals surface area contributed by atoms with E-state index in [1.807, 2.05) is 63.8 Å². The molecule has 0 saturated heterocycles.